The fraction of sp³-hybridized carbons (Fsp3) is 0.533. The maximum Gasteiger partial charge on any atom is 0.251 e. The molecular formula is C15H23N3O. The standard InChI is InChI=1S/C15H23N3O/c1-3-16-15(19)13-5-7-14(8-6-13)18-11-9-17(4-2)10-12-18/h5-8H,3-4,9-12H2,1-2H3,(H,16,19). The molecule has 0 unspecified atom stereocenters. The second kappa shape index (κ2) is 6.57. The Balaban J connectivity index is 1.97. The molecule has 104 valence electrons. The van der Waals surface area contributed by atoms with Crippen LogP contribution in [0.15, 0.2) is 24.3 Å². The summed E-state index contributed by atoms with van der Waals surface area (Å²) >= 11 is 0. The van der Waals surface area contributed by atoms with Gasteiger partial charge in [-0.1, -0.05) is 6.92 Å². The van der Waals surface area contributed by atoms with Crippen LogP contribution in [0.25, 0.3) is 0 Å². The van der Waals surface area contributed by atoms with E-state index >= 15 is 0 Å². The van der Waals surface area contributed by atoms with E-state index in [-0.39, 0.29) is 5.91 Å². The average molecular weight is 261 g/mol. The molecule has 1 saturated heterocycles. The number of nitrogens with one attached hydrogen (secondary N) is 1. The van der Waals surface area contributed by atoms with Gasteiger partial charge in [-0.15, -0.1) is 0 Å². The van der Waals surface area contributed by atoms with E-state index in [9.17, 15) is 4.79 Å². The van der Waals surface area contributed by atoms with Gasteiger partial charge >= 0.3 is 0 Å². The zero-order valence-electron chi connectivity index (χ0n) is 11.9. The Morgan fingerprint density at radius 1 is 1.11 bits per heavy atom. The molecule has 1 aromatic carbocycles. The molecule has 0 aromatic heterocycles. The molecule has 1 N–H and O–H groups in total. The number of carbonyl (C=O) groups excluding carboxylic acids is 1. The Labute approximate surface area is 115 Å². The summed E-state index contributed by atoms with van der Waals surface area (Å²) in [5.74, 6) is 0.00449. The number of piperazine rings is 1. The van der Waals surface area contributed by atoms with E-state index in [1.165, 1.54) is 5.69 Å². The molecule has 0 spiro atoms. The van der Waals surface area contributed by atoms with Crippen molar-refractivity contribution in [3.8, 4) is 0 Å². The molecule has 1 fully saturated rings. The van der Waals surface area contributed by atoms with Gasteiger partial charge in [0.15, 0.2) is 0 Å². The van der Waals surface area contributed by atoms with Gasteiger partial charge in [-0.2, -0.15) is 0 Å². The van der Waals surface area contributed by atoms with Crippen molar-refractivity contribution in [2.75, 3.05) is 44.2 Å². The van der Waals surface area contributed by atoms with Crippen LogP contribution in [0, 0.1) is 0 Å². The first-order valence-corrected chi connectivity index (χ1v) is 7.10. The van der Waals surface area contributed by atoms with Crippen LogP contribution in [-0.4, -0.2) is 50.1 Å². The van der Waals surface area contributed by atoms with E-state index in [2.05, 4.69) is 22.0 Å². The van der Waals surface area contributed by atoms with Crippen molar-refractivity contribution in [3.05, 3.63) is 29.8 Å². The van der Waals surface area contributed by atoms with E-state index in [1.807, 2.05) is 31.2 Å². The van der Waals surface area contributed by atoms with Gasteiger partial charge in [-0.25, -0.2) is 0 Å². The van der Waals surface area contributed by atoms with Crippen molar-refractivity contribution in [1.29, 1.82) is 0 Å². The zero-order chi connectivity index (χ0) is 13.7. The van der Waals surface area contributed by atoms with Crippen LogP contribution in [0.2, 0.25) is 0 Å². The molecule has 0 aliphatic carbocycles. The highest BCUT2D eigenvalue weighted by atomic mass is 16.1. The molecule has 2 rings (SSSR count). The number of amides is 1. The monoisotopic (exact) mass is 261 g/mol. The van der Waals surface area contributed by atoms with Crippen LogP contribution >= 0.6 is 0 Å². The molecule has 0 atom stereocenters. The summed E-state index contributed by atoms with van der Waals surface area (Å²) in [6, 6.07) is 7.91. The molecule has 1 aromatic rings. The molecule has 1 heterocycles. The molecule has 4 nitrogen and oxygen atoms in total. The average Bonchev–Trinajstić information content (AvgIpc) is 2.48. The van der Waals surface area contributed by atoms with Crippen molar-refractivity contribution < 1.29 is 4.79 Å². The summed E-state index contributed by atoms with van der Waals surface area (Å²) in [6.07, 6.45) is 0. The van der Waals surface area contributed by atoms with Crippen molar-refractivity contribution >= 4 is 11.6 Å². The molecular weight excluding hydrogens is 238 g/mol. The molecule has 4 heteroatoms. The predicted molar refractivity (Wildman–Crippen MR) is 78.8 cm³/mol. The third-order valence-electron chi connectivity index (χ3n) is 3.65. The van der Waals surface area contributed by atoms with Crippen molar-refractivity contribution in [1.82, 2.24) is 10.2 Å². The lowest BCUT2D eigenvalue weighted by atomic mass is 10.1. The molecule has 1 amide bonds. The Kier molecular flexibility index (Phi) is 4.80. The smallest absolute Gasteiger partial charge is 0.251 e. The molecule has 0 bridgehead atoms. The largest absolute Gasteiger partial charge is 0.369 e. The van der Waals surface area contributed by atoms with Crippen LogP contribution < -0.4 is 10.2 Å². The topological polar surface area (TPSA) is 35.6 Å². The molecule has 19 heavy (non-hydrogen) atoms. The van der Waals surface area contributed by atoms with E-state index in [0.29, 0.717) is 6.54 Å². The van der Waals surface area contributed by atoms with Crippen molar-refractivity contribution in [3.63, 3.8) is 0 Å². The molecule has 0 saturated carbocycles. The Hall–Kier alpha value is -1.55. The number of hydrogen-bond donors (Lipinski definition) is 1. The van der Waals surface area contributed by atoms with Gasteiger partial charge in [0, 0.05) is 44.0 Å². The van der Waals surface area contributed by atoms with Crippen molar-refractivity contribution in [2.45, 2.75) is 13.8 Å². The SMILES string of the molecule is CCNC(=O)c1ccc(N2CCN(CC)CC2)cc1. The third kappa shape index (κ3) is 3.47. The minimum atomic E-state index is 0.00449. The third-order valence-corrected chi connectivity index (χ3v) is 3.65. The number of benzene rings is 1. The van der Waals surface area contributed by atoms with Gasteiger partial charge in [-0.05, 0) is 37.7 Å². The summed E-state index contributed by atoms with van der Waals surface area (Å²) in [5, 5.41) is 2.82. The quantitative estimate of drug-likeness (QED) is 0.894. The van der Waals surface area contributed by atoms with Crippen molar-refractivity contribution in [2.24, 2.45) is 0 Å². The highest BCUT2D eigenvalue weighted by Gasteiger charge is 2.15. The second-order valence-corrected chi connectivity index (χ2v) is 4.83. The number of rotatable bonds is 4. The first-order chi connectivity index (χ1) is 9.24. The lowest BCUT2D eigenvalue weighted by molar-refractivity contribution is 0.0956. The van der Waals surface area contributed by atoms with Gasteiger partial charge in [0.05, 0.1) is 0 Å². The van der Waals surface area contributed by atoms with Crippen LogP contribution in [0.5, 0.6) is 0 Å². The zero-order valence-corrected chi connectivity index (χ0v) is 11.9. The summed E-state index contributed by atoms with van der Waals surface area (Å²) in [6.45, 7) is 10.3. The fourth-order valence-corrected chi connectivity index (χ4v) is 2.41. The summed E-state index contributed by atoms with van der Waals surface area (Å²) in [7, 11) is 0. The summed E-state index contributed by atoms with van der Waals surface area (Å²) in [4.78, 5) is 16.5. The summed E-state index contributed by atoms with van der Waals surface area (Å²) in [5.41, 5.74) is 1.95. The molecule has 1 aliphatic rings. The summed E-state index contributed by atoms with van der Waals surface area (Å²) < 4.78 is 0. The van der Waals surface area contributed by atoms with Gasteiger partial charge in [-0.3, -0.25) is 4.79 Å². The highest BCUT2D eigenvalue weighted by Crippen LogP contribution is 2.17. The highest BCUT2D eigenvalue weighted by molar-refractivity contribution is 5.94. The first-order valence-electron chi connectivity index (χ1n) is 7.10. The Morgan fingerprint density at radius 2 is 1.74 bits per heavy atom. The minimum absolute atomic E-state index is 0.00449. The first kappa shape index (κ1) is 13.9. The predicted octanol–water partition coefficient (Wildman–Crippen LogP) is 1.58. The van der Waals surface area contributed by atoms with Gasteiger partial charge < -0.3 is 15.1 Å². The van der Waals surface area contributed by atoms with E-state index < -0.39 is 0 Å². The lowest BCUT2D eigenvalue weighted by Gasteiger charge is -2.35. The molecule has 0 radical (unpaired) electrons. The van der Waals surface area contributed by atoms with E-state index in [0.717, 1.165) is 38.3 Å². The Bertz CT molecular complexity index is 408. The maximum atomic E-state index is 11.7. The number of hydrogen-bond acceptors (Lipinski definition) is 3. The van der Waals surface area contributed by atoms with Crippen LogP contribution in [-0.2, 0) is 0 Å². The minimum Gasteiger partial charge on any atom is -0.369 e. The van der Waals surface area contributed by atoms with Gasteiger partial charge in [0.1, 0.15) is 0 Å². The second-order valence-electron chi connectivity index (χ2n) is 4.83. The Morgan fingerprint density at radius 3 is 2.26 bits per heavy atom. The van der Waals surface area contributed by atoms with E-state index in [1.54, 1.807) is 0 Å². The number of nitrogens with zero attached hydrogens (tertiary/aromatic N) is 2. The van der Waals surface area contributed by atoms with Crippen LogP contribution in [0.4, 0.5) is 5.69 Å². The molecule has 1 aliphatic heterocycles. The van der Waals surface area contributed by atoms with Crippen LogP contribution in [0.1, 0.15) is 24.2 Å². The number of carbonyl (C=O) groups is 1. The maximum absolute atomic E-state index is 11.7. The van der Waals surface area contributed by atoms with Gasteiger partial charge in [0.25, 0.3) is 5.91 Å². The normalized spacial score (nSPS) is 16.4. The number of anilines is 1. The van der Waals surface area contributed by atoms with E-state index in [4.69, 9.17) is 0 Å². The van der Waals surface area contributed by atoms with Gasteiger partial charge in [0.2, 0.25) is 0 Å². The van der Waals surface area contributed by atoms with Crippen LogP contribution in [0.3, 0.4) is 0 Å². The fourth-order valence-electron chi connectivity index (χ4n) is 2.41. The number of likely N-dealkylation sites (N-methyl/N-ethyl adjacent to an activating group) is 1. The lowest BCUT2D eigenvalue weighted by Crippen LogP contribution is -2.46.